The van der Waals surface area contributed by atoms with Gasteiger partial charge in [-0.25, -0.2) is 0 Å². The average Bonchev–Trinajstić information content (AvgIpc) is 3.38. The fraction of sp³-hybridized carbons (Fsp3) is 0.0909. The molecule has 324 valence electrons. The molecule has 0 N–H and O–H groups in total. The van der Waals surface area contributed by atoms with Crippen LogP contribution in [0.2, 0.25) is 0 Å². The molecule has 0 aromatic heterocycles. The van der Waals surface area contributed by atoms with Gasteiger partial charge in [-0.15, -0.1) is 0 Å². The molecule has 11 aromatic carbocycles. The van der Waals surface area contributed by atoms with Gasteiger partial charge in [0.1, 0.15) is 0 Å². The molecule has 2 heteroatoms. The number of benzene rings is 11. The maximum Gasteiger partial charge on any atom is 0.0502 e. The molecule has 13 rings (SSSR count). The highest BCUT2D eigenvalue weighted by molar-refractivity contribution is 6.23. The standard InChI is InChI=1S/C66H50N2/c1-65(2)55-28-10-14-32-59(55)67(60-33-15-11-29-56(60)65)47-37-39-52-53(41-47)63(44-21-6-5-7-22-44)51-38-36-48(68-61-34-16-12-30-57(61)66(3,4)58-31-13-17-35-62(58)68)42-54(51)64(52)46-25-18-24-45(40-46)50-27-19-23-43-20-8-9-26-49(43)50/h5-42H,1-4H3. The summed E-state index contributed by atoms with van der Waals surface area (Å²) in [5, 5.41) is 7.36. The van der Waals surface area contributed by atoms with Crippen molar-refractivity contribution >= 4 is 66.4 Å². The van der Waals surface area contributed by atoms with Gasteiger partial charge in [-0.05, 0) is 143 Å². The molecule has 2 heterocycles. The van der Waals surface area contributed by atoms with Gasteiger partial charge in [0, 0.05) is 22.2 Å². The maximum atomic E-state index is 2.49. The van der Waals surface area contributed by atoms with Gasteiger partial charge in [0.15, 0.2) is 0 Å². The zero-order chi connectivity index (χ0) is 45.7. The molecule has 2 aliphatic rings. The zero-order valence-electron chi connectivity index (χ0n) is 38.8. The van der Waals surface area contributed by atoms with Crippen molar-refractivity contribution in [3.8, 4) is 33.4 Å². The molecule has 0 amide bonds. The van der Waals surface area contributed by atoms with Crippen LogP contribution in [0.1, 0.15) is 49.9 Å². The van der Waals surface area contributed by atoms with Gasteiger partial charge in [0.25, 0.3) is 0 Å². The molecule has 0 aliphatic carbocycles. The normalized spacial score (nSPS) is 14.4. The van der Waals surface area contributed by atoms with E-state index in [-0.39, 0.29) is 10.8 Å². The van der Waals surface area contributed by atoms with E-state index in [1.165, 1.54) is 111 Å². The van der Waals surface area contributed by atoms with Gasteiger partial charge in [-0.3, -0.25) is 0 Å². The first-order valence-corrected chi connectivity index (χ1v) is 23.9. The largest absolute Gasteiger partial charge is 0.310 e. The van der Waals surface area contributed by atoms with E-state index in [9.17, 15) is 0 Å². The fourth-order valence-electron chi connectivity index (χ4n) is 11.9. The topological polar surface area (TPSA) is 6.48 Å². The van der Waals surface area contributed by atoms with Crippen molar-refractivity contribution in [2.75, 3.05) is 9.80 Å². The molecule has 0 saturated carbocycles. The maximum absolute atomic E-state index is 2.49. The summed E-state index contributed by atoms with van der Waals surface area (Å²) in [4.78, 5) is 4.98. The molecule has 0 spiro atoms. The predicted molar refractivity (Wildman–Crippen MR) is 289 cm³/mol. The van der Waals surface area contributed by atoms with Crippen LogP contribution in [-0.2, 0) is 10.8 Å². The monoisotopic (exact) mass is 870 g/mol. The second-order valence-corrected chi connectivity index (χ2v) is 19.7. The summed E-state index contributed by atoms with van der Waals surface area (Å²) in [6, 6.07) is 86.0. The summed E-state index contributed by atoms with van der Waals surface area (Å²) in [6.45, 7) is 9.43. The Hall–Kier alpha value is -8.20. The van der Waals surface area contributed by atoms with E-state index in [0.717, 1.165) is 11.4 Å². The van der Waals surface area contributed by atoms with E-state index >= 15 is 0 Å². The highest BCUT2D eigenvalue weighted by atomic mass is 15.2. The van der Waals surface area contributed by atoms with Crippen LogP contribution in [0.4, 0.5) is 34.1 Å². The van der Waals surface area contributed by atoms with Crippen LogP contribution in [0, 0.1) is 0 Å². The molecular formula is C66H50N2. The van der Waals surface area contributed by atoms with Crippen LogP contribution < -0.4 is 9.80 Å². The quantitative estimate of drug-likeness (QED) is 0.159. The van der Waals surface area contributed by atoms with Crippen molar-refractivity contribution in [3.05, 3.63) is 253 Å². The summed E-state index contributed by atoms with van der Waals surface area (Å²) in [5.74, 6) is 0. The molecule has 0 atom stereocenters. The zero-order valence-corrected chi connectivity index (χ0v) is 38.8. The molecule has 0 saturated heterocycles. The van der Waals surface area contributed by atoms with Gasteiger partial charge < -0.3 is 9.80 Å². The van der Waals surface area contributed by atoms with Gasteiger partial charge in [0.2, 0.25) is 0 Å². The molecule has 0 radical (unpaired) electrons. The van der Waals surface area contributed by atoms with Crippen molar-refractivity contribution in [3.63, 3.8) is 0 Å². The molecule has 2 aliphatic heterocycles. The highest BCUT2D eigenvalue weighted by Crippen LogP contribution is 2.55. The molecule has 68 heavy (non-hydrogen) atoms. The van der Waals surface area contributed by atoms with E-state index in [4.69, 9.17) is 0 Å². The van der Waals surface area contributed by atoms with E-state index in [2.05, 4.69) is 268 Å². The Kier molecular flexibility index (Phi) is 8.95. The molecule has 0 unspecified atom stereocenters. The lowest BCUT2D eigenvalue weighted by molar-refractivity contribution is 0.632. The van der Waals surface area contributed by atoms with E-state index in [0.29, 0.717) is 0 Å². The molecular weight excluding hydrogens is 821 g/mol. The molecule has 0 fully saturated rings. The van der Waals surface area contributed by atoms with Gasteiger partial charge in [-0.2, -0.15) is 0 Å². The van der Waals surface area contributed by atoms with Crippen molar-refractivity contribution in [2.24, 2.45) is 0 Å². The number of rotatable bonds is 5. The van der Waals surface area contributed by atoms with E-state index < -0.39 is 0 Å². The first-order valence-electron chi connectivity index (χ1n) is 23.9. The summed E-state index contributed by atoms with van der Waals surface area (Å²) in [7, 11) is 0. The van der Waals surface area contributed by atoms with Crippen LogP contribution >= 0.6 is 0 Å². The Balaban J connectivity index is 1.13. The van der Waals surface area contributed by atoms with Gasteiger partial charge >= 0.3 is 0 Å². The minimum atomic E-state index is -0.159. The van der Waals surface area contributed by atoms with Crippen LogP contribution in [0.3, 0.4) is 0 Å². The van der Waals surface area contributed by atoms with Crippen molar-refractivity contribution in [1.29, 1.82) is 0 Å². The number of anilines is 6. The summed E-state index contributed by atoms with van der Waals surface area (Å²) >= 11 is 0. The number of hydrogen-bond donors (Lipinski definition) is 0. The van der Waals surface area contributed by atoms with Crippen molar-refractivity contribution in [2.45, 2.75) is 38.5 Å². The minimum Gasteiger partial charge on any atom is -0.310 e. The summed E-state index contributed by atoms with van der Waals surface area (Å²) in [6.07, 6.45) is 0. The smallest absolute Gasteiger partial charge is 0.0502 e. The Morgan fingerprint density at radius 1 is 0.279 bits per heavy atom. The Morgan fingerprint density at radius 2 is 0.676 bits per heavy atom. The molecule has 2 nitrogen and oxygen atoms in total. The minimum absolute atomic E-state index is 0.156. The summed E-state index contributed by atoms with van der Waals surface area (Å²) in [5.41, 5.74) is 19.4. The average molecular weight is 871 g/mol. The first-order chi connectivity index (χ1) is 33.3. The van der Waals surface area contributed by atoms with Crippen molar-refractivity contribution in [1.82, 2.24) is 0 Å². The second-order valence-electron chi connectivity index (χ2n) is 19.7. The third kappa shape index (κ3) is 5.97. The third-order valence-corrected chi connectivity index (χ3v) is 15.2. The highest BCUT2D eigenvalue weighted by Gasteiger charge is 2.38. The van der Waals surface area contributed by atoms with Gasteiger partial charge in [-0.1, -0.05) is 204 Å². The Bertz CT molecular complexity index is 3720. The fourth-order valence-corrected chi connectivity index (χ4v) is 11.9. The SMILES string of the molecule is CC1(C)c2ccccc2N(c2ccc3c(-c4cccc(-c5cccc6ccccc56)c4)c4cc(N5c6ccccc6C(C)(C)c6ccccc65)ccc4c(-c4ccccc4)c3c2)c2ccccc21. The lowest BCUT2D eigenvalue weighted by Gasteiger charge is -2.42. The summed E-state index contributed by atoms with van der Waals surface area (Å²) < 4.78 is 0. The van der Waals surface area contributed by atoms with E-state index in [1.807, 2.05) is 0 Å². The predicted octanol–water partition coefficient (Wildman–Crippen LogP) is 18.4. The Morgan fingerprint density at radius 3 is 1.21 bits per heavy atom. The lowest BCUT2D eigenvalue weighted by Crippen LogP contribution is -2.30. The number of para-hydroxylation sites is 4. The number of fused-ring (bicyclic) bond motifs is 7. The van der Waals surface area contributed by atoms with Crippen LogP contribution in [-0.4, -0.2) is 0 Å². The number of hydrogen-bond acceptors (Lipinski definition) is 2. The molecule has 0 bridgehead atoms. The number of nitrogens with zero attached hydrogens (tertiary/aromatic N) is 2. The van der Waals surface area contributed by atoms with E-state index in [1.54, 1.807) is 0 Å². The van der Waals surface area contributed by atoms with Crippen molar-refractivity contribution < 1.29 is 0 Å². The lowest BCUT2D eigenvalue weighted by atomic mass is 9.73. The first kappa shape index (κ1) is 40.1. The van der Waals surface area contributed by atoms with Crippen LogP contribution in [0.15, 0.2) is 231 Å². The second kappa shape index (κ2) is 15.2. The van der Waals surface area contributed by atoms with Gasteiger partial charge in [0.05, 0.1) is 22.7 Å². The Labute approximate surface area is 399 Å². The molecule has 11 aromatic rings. The van der Waals surface area contributed by atoms with Crippen LogP contribution in [0.25, 0.3) is 65.7 Å². The third-order valence-electron chi connectivity index (χ3n) is 15.2. The van der Waals surface area contributed by atoms with Crippen LogP contribution in [0.5, 0.6) is 0 Å².